The minimum absolute atomic E-state index is 0.000503. The Morgan fingerprint density at radius 3 is 2.75 bits per heavy atom. The van der Waals surface area contributed by atoms with E-state index in [4.69, 9.17) is 5.73 Å². The van der Waals surface area contributed by atoms with Gasteiger partial charge >= 0.3 is 0 Å². The fraction of sp³-hybridized carbons (Fsp3) is 0.455. The number of nitro benzene ring substituents is 1. The van der Waals surface area contributed by atoms with Crippen LogP contribution in [-0.4, -0.2) is 41.9 Å². The number of nitrogens with two attached hydrogens (primary N) is 1. The lowest BCUT2D eigenvalue weighted by Gasteiger charge is -2.29. The van der Waals surface area contributed by atoms with E-state index >= 15 is 0 Å². The van der Waals surface area contributed by atoms with Crippen molar-refractivity contribution in [2.75, 3.05) is 18.8 Å². The summed E-state index contributed by atoms with van der Waals surface area (Å²) in [6.45, 7) is 0.290. The molecule has 1 fully saturated rings. The highest BCUT2D eigenvalue weighted by Gasteiger charge is 2.30. The number of benzene rings is 1. The van der Waals surface area contributed by atoms with Gasteiger partial charge in [-0.2, -0.15) is 4.31 Å². The number of nitrogens with zero attached hydrogens (tertiary/aromatic N) is 2. The largest absolute Gasteiger partial charge is 0.393 e. The van der Waals surface area contributed by atoms with Gasteiger partial charge in [0.05, 0.1) is 15.9 Å². The number of β-amino-alcohol motifs (C(OH)–C–C–N with tert-alkyl or cyclic N) is 1. The first-order valence-electron chi connectivity index (χ1n) is 6.04. The molecule has 3 N–H and O–H groups in total. The first-order chi connectivity index (χ1) is 9.32. The summed E-state index contributed by atoms with van der Waals surface area (Å²) >= 11 is 0. The van der Waals surface area contributed by atoms with Crippen molar-refractivity contribution in [3.8, 4) is 0 Å². The lowest BCUT2D eigenvalue weighted by molar-refractivity contribution is -0.384. The summed E-state index contributed by atoms with van der Waals surface area (Å²) in [4.78, 5) is 9.90. The number of hydrogen-bond acceptors (Lipinski definition) is 6. The first kappa shape index (κ1) is 14.7. The van der Waals surface area contributed by atoms with E-state index in [0.717, 1.165) is 10.4 Å². The van der Waals surface area contributed by atoms with Crippen molar-refractivity contribution in [1.82, 2.24) is 4.31 Å². The molecule has 1 atom stereocenters. The third-order valence-corrected chi connectivity index (χ3v) is 5.06. The van der Waals surface area contributed by atoms with Crippen molar-refractivity contribution in [2.24, 2.45) is 0 Å². The second kappa shape index (κ2) is 5.35. The van der Waals surface area contributed by atoms with Gasteiger partial charge in [-0.05, 0) is 25.0 Å². The molecule has 0 aliphatic carbocycles. The number of nitro groups is 1. The van der Waals surface area contributed by atoms with Gasteiger partial charge in [0.1, 0.15) is 5.69 Å². The molecule has 1 heterocycles. The minimum Gasteiger partial charge on any atom is -0.393 e. The highest BCUT2D eigenvalue weighted by Crippen LogP contribution is 2.27. The van der Waals surface area contributed by atoms with E-state index in [1.807, 2.05) is 0 Å². The van der Waals surface area contributed by atoms with Crippen molar-refractivity contribution in [3.05, 3.63) is 28.3 Å². The maximum atomic E-state index is 12.4. The van der Waals surface area contributed by atoms with Crippen LogP contribution in [0.1, 0.15) is 12.8 Å². The summed E-state index contributed by atoms with van der Waals surface area (Å²) < 4.78 is 25.9. The van der Waals surface area contributed by atoms with Gasteiger partial charge in [-0.15, -0.1) is 0 Å². The van der Waals surface area contributed by atoms with Crippen molar-refractivity contribution < 1.29 is 18.4 Å². The average molecular weight is 301 g/mol. The standard InChI is InChI=1S/C11H15N3O5S/c12-10-4-3-9(6-11(10)14(16)17)20(18,19)13-5-1-2-8(15)7-13/h3-4,6,8,15H,1-2,5,7,12H2. The average Bonchev–Trinajstić information content (AvgIpc) is 2.38. The molecule has 2 rings (SSSR count). The van der Waals surface area contributed by atoms with Gasteiger partial charge in [-0.25, -0.2) is 8.42 Å². The Balaban J connectivity index is 2.39. The van der Waals surface area contributed by atoms with Gasteiger partial charge in [0.25, 0.3) is 5.69 Å². The van der Waals surface area contributed by atoms with E-state index in [1.165, 1.54) is 12.1 Å². The Kier molecular flexibility index (Phi) is 3.93. The number of hydrogen-bond donors (Lipinski definition) is 2. The molecule has 9 heteroatoms. The zero-order valence-electron chi connectivity index (χ0n) is 10.6. The number of aliphatic hydroxyl groups is 1. The molecule has 0 radical (unpaired) electrons. The summed E-state index contributed by atoms with van der Waals surface area (Å²) in [5, 5.41) is 20.3. The number of rotatable bonds is 3. The molecule has 8 nitrogen and oxygen atoms in total. The fourth-order valence-electron chi connectivity index (χ4n) is 2.13. The van der Waals surface area contributed by atoms with Crippen LogP contribution >= 0.6 is 0 Å². The van der Waals surface area contributed by atoms with E-state index in [-0.39, 0.29) is 23.7 Å². The van der Waals surface area contributed by atoms with Gasteiger partial charge < -0.3 is 10.8 Å². The number of piperidine rings is 1. The Morgan fingerprint density at radius 1 is 1.45 bits per heavy atom. The summed E-state index contributed by atoms with van der Waals surface area (Å²) in [6, 6.07) is 3.38. The molecule has 0 spiro atoms. The molecular weight excluding hydrogens is 286 g/mol. The molecule has 0 saturated carbocycles. The van der Waals surface area contributed by atoms with Gasteiger partial charge in [0.2, 0.25) is 10.0 Å². The Hall–Kier alpha value is -1.71. The Labute approximate surface area is 116 Å². The molecule has 20 heavy (non-hydrogen) atoms. The van der Waals surface area contributed by atoms with Crippen LogP contribution in [0.5, 0.6) is 0 Å². The van der Waals surface area contributed by atoms with E-state index in [1.54, 1.807) is 0 Å². The van der Waals surface area contributed by atoms with Crippen molar-refractivity contribution >= 4 is 21.4 Å². The number of nitrogen functional groups attached to an aromatic ring is 1. The molecular formula is C11H15N3O5S. The topological polar surface area (TPSA) is 127 Å². The summed E-state index contributed by atoms with van der Waals surface area (Å²) in [7, 11) is -3.85. The van der Waals surface area contributed by atoms with Crippen LogP contribution in [0.3, 0.4) is 0 Å². The van der Waals surface area contributed by atoms with E-state index in [9.17, 15) is 23.6 Å². The maximum Gasteiger partial charge on any atom is 0.293 e. The van der Waals surface area contributed by atoms with Crippen molar-refractivity contribution in [3.63, 3.8) is 0 Å². The molecule has 1 aliphatic heterocycles. The first-order valence-corrected chi connectivity index (χ1v) is 7.48. The number of anilines is 1. The summed E-state index contributed by atoms with van der Waals surface area (Å²) in [6.07, 6.45) is 0.396. The monoisotopic (exact) mass is 301 g/mol. The zero-order chi connectivity index (χ0) is 14.9. The quantitative estimate of drug-likeness (QED) is 0.470. The summed E-state index contributed by atoms with van der Waals surface area (Å²) in [5.41, 5.74) is 4.91. The molecule has 1 aliphatic rings. The van der Waals surface area contributed by atoms with E-state index in [2.05, 4.69) is 0 Å². The second-order valence-corrected chi connectivity index (χ2v) is 6.57. The third kappa shape index (κ3) is 2.74. The van der Waals surface area contributed by atoms with Crippen molar-refractivity contribution in [1.29, 1.82) is 0 Å². The highest BCUT2D eigenvalue weighted by atomic mass is 32.2. The molecule has 0 aromatic heterocycles. The van der Waals surface area contributed by atoms with Crippen LogP contribution in [0.15, 0.2) is 23.1 Å². The lowest BCUT2D eigenvalue weighted by Crippen LogP contribution is -2.42. The Bertz CT molecular complexity index is 631. The van der Waals surface area contributed by atoms with Gasteiger partial charge in [-0.1, -0.05) is 0 Å². The van der Waals surface area contributed by atoms with Crippen LogP contribution < -0.4 is 5.73 Å². The van der Waals surface area contributed by atoms with Crippen LogP contribution in [0.25, 0.3) is 0 Å². The molecule has 1 unspecified atom stereocenters. The van der Waals surface area contributed by atoms with E-state index < -0.39 is 26.7 Å². The Morgan fingerprint density at radius 2 is 2.15 bits per heavy atom. The van der Waals surface area contributed by atoms with Gasteiger partial charge in [0.15, 0.2) is 0 Å². The molecule has 1 saturated heterocycles. The van der Waals surface area contributed by atoms with Crippen LogP contribution in [0.4, 0.5) is 11.4 Å². The summed E-state index contributed by atoms with van der Waals surface area (Å²) in [5.74, 6) is 0. The molecule has 0 bridgehead atoms. The zero-order valence-corrected chi connectivity index (χ0v) is 11.4. The molecule has 1 aromatic carbocycles. The molecule has 1 aromatic rings. The van der Waals surface area contributed by atoms with Crippen LogP contribution in [0, 0.1) is 10.1 Å². The second-order valence-electron chi connectivity index (χ2n) is 4.64. The van der Waals surface area contributed by atoms with Crippen LogP contribution in [0.2, 0.25) is 0 Å². The maximum absolute atomic E-state index is 12.4. The van der Waals surface area contributed by atoms with Gasteiger partial charge in [0, 0.05) is 19.2 Å². The fourth-order valence-corrected chi connectivity index (χ4v) is 3.67. The van der Waals surface area contributed by atoms with Crippen LogP contribution in [-0.2, 0) is 10.0 Å². The smallest absolute Gasteiger partial charge is 0.293 e. The highest BCUT2D eigenvalue weighted by molar-refractivity contribution is 7.89. The number of aliphatic hydroxyl groups excluding tert-OH is 1. The predicted octanol–water partition coefficient (Wildman–Crippen LogP) is 0.322. The SMILES string of the molecule is Nc1ccc(S(=O)(=O)N2CCCC(O)C2)cc1[N+](=O)[O-]. The molecule has 110 valence electrons. The third-order valence-electron chi connectivity index (χ3n) is 3.20. The van der Waals surface area contributed by atoms with Crippen molar-refractivity contribution in [2.45, 2.75) is 23.8 Å². The van der Waals surface area contributed by atoms with E-state index in [0.29, 0.717) is 12.8 Å². The normalized spacial score (nSPS) is 20.8. The lowest BCUT2D eigenvalue weighted by atomic mass is 10.1. The number of sulfonamides is 1. The predicted molar refractivity (Wildman–Crippen MR) is 71.5 cm³/mol. The van der Waals surface area contributed by atoms with Gasteiger partial charge in [-0.3, -0.25) is 10.1 Å². The minimum atomic E-state index is -3.85. The molecule has 0 amide bonds.